The lowest BCUT2D eigenvalue weighted by atomic mass is 10.2. The highest BCUT2D eigenvalue weighted by Gasteiger charge is 2.22. The van der Waals surface area contributed by atoms with Crippen LogP contribution in [0.15, 0.2) is 64.3 Å². The molecular weight excluding hydrogens is 376 g/mol. The summed E-state index contributed by atoms with van der Waals surface area (Å²) < 4.78 is 35.1. The number of aromatic nitrogens is 3. The lowest BCUT2D eigenvalue weighted by molar-refractivity contribution is 0.460. The molecule has 0 fully saturated rings. The predicted octanol–water partition coefficient (Wildman–Crippen LogP) is 3.78. The van der Waals surface area contributed by atoms with Crippen LogP contribution in [0.25, 0.3) is 16.7 Å². The fourth-order valence-electron chi connectivity index (χ4n) is 2.64. The zero-order valence-corrected chi connectivity index (χ0v) is 15.1. The number of fused-ring (bicyclic) bond motifs is 1. The Morgan fingerprint density at radius 2 is 2.04 bits per heavy atom. The van der Waals surface area contributed by atoms with E-state index < -0.39 is 10.0 Å². The molecule has 2 heterocycles. The van der Waals surface area contributed by atoms with Gasteiger partial charge in [0.2, 0.25) is 0 Å². The highest BCUT2D eigenvalue weighted by atomic mass is 35.5. The summed E-state index contributed by atoms with van der Waals surface area (Å²) in [5, 5.41) is 8.69. The molecule has 0 aliphatic carbocycles. The molecule has 0 unspecified atom stereocenters. The largest absolute Gasteiger partial charge is 0.354 e. The molecule has 4 rings (SSSR count). The van der Waals surface area contributed by atoms with Gasteiger partial charge in [-0.1, -0.05) is 28.9 Å². The van der Waals surface area contributed by atoms with Gasteiger partial charge in [0.1, 0.15) is 0 Å². The molecule has 7 nitrogen and oxygen atoms in total. The summed E-state index contributed by atoms with van der Waals surface area (Å²) in [6.45, 7) is 1.72. The molecule has 0 saturated carbocycles. The Kier molecular flexibility index (Phi) is 3.93. The van der Waals surface area contributed by atoms with E-state index in [1.807, 2.05) is 0 Å². The van der Waals surface area contributed by atoms with Gasteiger partial charge in [0.15, 0.2) is 11.4 Å². The minimum atomic E-state index is -3.91. The van der Waals surface area contributed by atoms with E-state index in [1.165, 1.54) is 0 Å². The van der Waals surface area contributed by atoms with Crippen molar-refractivity contribution in [2.75, 3.05) is 4.72 Å². The maximum Gasteiger partial charge on any atom is 0.263 e. The number of nitrogens with zero attached hydrogens (tertiary/aromatic N) is 3. The van der Waals surface area contributed by atoms with Gasteiger partial charge >= 0.3 is 0 Å². The van der Waals surface area contributed by atoms with Gasteiger partial charge in [0.25, 0.3) is 10.0 Å². The summed E-state index contributed by atoms with van der Waals surface area (Å²) in [6.07, 6.45) is 3.36. The zero-order chi connectivity index (χ0) is 18.3. The Balaban J connectivity index is 1.78. The number of anilines is 1. The molecule has 0 saturated heterocycles. The van der Waals surface area contributed by atoms with Gasteiger partial charge in [-0.2, -0.15) is 5.10 Å². The molecule has 2 aromatic heterocycles. The van der Waals surface area contributed by atoms with Crippen molar-refractivity contribution in [3.05, 3.63) is 65.4 Å². The SMILES string of the molecule is Cc1ccc(-n2cccn2)cc1S(=O)(=O)Nc1noc2cccc(Cl)c12. The number of sulfonamides is 1. The zero-order valence-electron chi connectivity index (χ0n) is 13.5. The number of aryl methyl sites for hydroxylation is 1. The average Bonchev–Trinajstić information content (AvgIpc) is 3.26. The van der Waals surface area contributed by atoms with Crippen molar-refractivity contribution in [2.45, 2.75) is 11.8 Å². The summed E-state index contributed by atoms with van der Waals surface area (Å²) in [4.78, 5) is 0.119. The first-order valence-electron chi connectivity index (χ1n) is 7.63. The van der Waals surface area contributed by atoms with E-state index in [9.17, 15) is 8.42 Å². The summed E-state index contributed by atoms with van der Waals surface area (Å²) in [6, 6.07) is 11.8. The quantitative estimate of drug-likeness (QED) is 0.574. The van der Waals surface area contributed by atoms with Crippen LogP contribution < -0.4 is 4.72 Å². The van der Waals surface area contributed by atoms with E-state index in [1.54, 1.807) is 66.5 Å². The lowest BCUT2D eigenvalue weighted by Crippen LogP contribution is -2.15. The van der Waals surface area contributed by atoms with Gasteiger partial charge in [0, 0.05) is 12.4 Å². The van der Waals surface area contributed by atoms with Crippen LogP contribution in [-0.2, 0) is 10.0 Å². The Labute approximate surface area is 154 Å². The minimum absolute atomic E-state index is 0.0505. The molecule has 1 N–H and O–H groups in total. The third kappa shape index (κ3) is 2.83. The third-order valence-electron chi connectivity index (χ3n) is 3.91. The minimum Gasteiger partial charge on any atom is -0.354 e. The molecule has 2 aromatic carbocycles. The number of rotatable bonds is 4. The number of benzene rings is 2. The third-order valence-corrected chi connectivity index (χ3v) is 5.70. The first-order chi connectivity index (χ1) is 12.5. The van der Waals surface area contributed by atoms with Crippen LogP contribution in [0.1, 0.15) is 5.56 Å². The summed E-state index contributed by atoms with van der Waals surface area (Å²) >= 11 is 6.16. The van der Waals surface area contributed by atoms with Gasteiger partial charge in [-0.25, -0.2) is 13.1 Å². The number of nitrogens with one attached hydrogen (secondary N) is 1. The van der Waals surface area contributed by atoms with Crippen molar-refractivity contribution < 1.29 is 12.9 Å². The standard InChI is InChI=1S/C17H13ClN4O3S/c1-11-6-7-12(22-9-3-8-19-22)10-15(11)26(23,24)21-17-16-13(18)4-2-5-14(16)25-20-17/h2-10H,1H3,(H,20,21). The summed E-state index contributed by atoms with van der Waals surface area (Å²) in [7, 11) is -3.91. The fourth-order valence-corrected chi connectivity index (χ4v) is 4.17. The van der Waals surface area contributed by atoms with Crippen LogP contribution in [0.4, 0.5) is 5.82 Å². The Morgan fingerprint density at radius 1 is 1.19 bits per heavy atom. The molecule has 4 aromatic rings. The maximum atomic E-state index is 12.9. The van der Waals surface area contributed by atoms with Crippen LogP contribution in [0, 0.1) is 6.92 Å². The van der Waals surface area contributed by atoms with Crippen molar-refractivity contribution in [1.29, 1.82) is 0 Å². The molecule has 0 spiro atoms. The summed E-state index contributed by atoms with van der Waals surface area (Å²) in [5.74, 6) is 0.0505. The van der Waals surface area contributed by atoms with Crippen LogP contribution in [0.2, 0.25) is 5.02 Å². The van der Waals surface area contributed by atoms with Crippen molar-refractivity contribution in [3.8, 4) is 5.69 Å². The Bertz CT molecular complexity index is 1200. The van der Waals surface area contributed by atoms with Crippen molar-refractivity contribution >= 4 is 38.4 Å². The first kappa shape index (κ1) is 16.6. The molecule has 0 atom stereocenters. The number of hydrogen-bond donors (Lipinski definition) is 1. The molecule has 0 aliphatic heterocycles. The van der Waals surface area contributed by atoms with Crippen molar-refractivity contribution in [1.82, 2.24) is 14.9 Å². The van der Waals surface area contributed by atoms with Crippen LogP contribution in [-0.4, -0.2) is 23.4 Å². The molecule has 0 radical (unpaired) electrons. The van der Waals surface area contributed by atoms with Crippen molar-refractivity contribution in [2.24, 2.45) is 0 Å². The highest BCUT2D eigenvalue weighted by molar-refractivity contribution is 7.92. The maximum absolute atomic E-state index is 12.9. The summed E-state index contributed by atoms with van der Waals surface area (Å²) in [5.41, 5.74) is 1.62. The van der Waals surface area contributed by atoms with Gasteiger partial charge in [-0.05, 0) is 42.8 Å². The normalized spacial score (nSPS) is 11.8. The van der Waals surface area contributed by atoms with Crippen LogP contribution in [0.3, 0.4) is 0 Å². The van der Waals surface area contributed by atoms with E-state index >= 15 is 0 Å². The average molecular weight is 389 g/mol. The van der Waals surface area contributed by atoms with E-state index in [2.05, 4.69) is 15.0 Å². The highest BCUT2D eigenvalue weighted by Crippen LogP contribution is 2.32. The molecule has 0 bridgehead atoms. The van der Waals surface area contributed by atoms with Crippen LogP contribution >= 0.6 is 11.6 Å². The van der Waals surface area contributed by atoms with Crippen LogP contribution in [0.5, 0.6) is 0 Å². The smallest absolute Gasteiger partial charge is 0.263 e. The van der Waals surface area contributed by atoms with Crippen molar-refractivity contribution in [3.63, 3.8) is 0 Å². The Hall–Kier alpha value is -2.84. The molecular formula is C17H13ClN4O3S. The molecule has 0 aliphatic rings. The van der Waals surface area contributed by atoms with Gasteiger partial charge < -0.3 is 4.52 Å². The molecule has 0 amide bonds. The molecule has 9 heteroatoms. The van der Waals surface area contributed by atoms with Gasteiger partial charge in [-0.3, -0.25) is 4.72 Å². The predicted molar refractivity (Wildman–Crippen MR) is 98.1 cm³/mol. The molecule has 132 valence electrons. The number of hydrogen-bond acceptors (Lipinski definition) is 5. The number of halogens is 1. The second kappa shape index (κ2) is 6.15. The Morgan fingerprint density at radius 3 is 2.81 bits per heavy atom. The topological polar surface area (TPSA) is 90.0 Å². The molecule has 26 heavy (non-hydrogen) atoms. The van der Waals surface area contributed by atoms with Gasteiger partial charge in [-0.15, -0.1) is 0 Å². The van der Waals surface area contributed by atoms with Gasteiger partial charge in [0.05, 0.1) is 21.0 Å². The second-order valence-electron chi connectivity index (χ2n) is 5.65. The second-order valence-corrected chi connectivity index (χ2v) is 7.71. The van der Waals surface area contributed by atoms with E-state index in [4.69, 9.17) is 16.1 Å². The van der Waals surface area contributed by atoms with E-state index in [-0.39, 0.29) is 10.7 Å². The first-order valence-corrected chi connectivity index (χ1v) is 9.49. The van der Waals surface area contributed by atoms with E-state index in [0.717, 1.165) is 0 Å². The van der Waals surface area contributed by atoms with E-state index in [0.29, 0.717) is 27.2 Å². The monoisotopic (exact) mass is 388 g/mol. The lowest BCUT2D eigenvalue weighted by Gasteiger charge is -2.11. The fraction of sp³-hybridized carbons (Fsp3) is 0.0588.